The zero-order chi connectivity index (χ0) is 12.1. The lowest BCUT2D eigenvalue weighted by molar-refractivity contribution is 0.192. The van der Waals surface area contributed by atoms with Crippen molar-refractivity contribution in [2.75, 3.05) is 19.6 Å². The maximum absolute atomic E-state index is 4.48. The standard InChI is InChI=1S/C13H23N3S/c1-3-13(5-4-6-14-9-13)10-15-7-12-8-17-11(2)16-12/h8,14-15H,3-7,9-10H2,1-2H3. The number of nitrogens with zero attached hydrogens (tertiary/aromatic N) is 1. The number of thiazole rings is 1. The Bertz CT molecular complexity index is 342. The molecule has 4 heteroatoms. The lowest BCUT2D eigenvalue weighted by Crippen LogP contribution is -2.45. The minimum atomic E-state index is 0.462. The molecule has 1 aromatic heterocycles. The van der Waals surface area contributed by atoms with E-state index in [-0.39, 0.29) is 0 Å². The Morgan fingerprint density at radius 3 is 3.06 bits per heavy atom. The highest BCUT2D eigenvalue weighted by atomic mass is 32.1. The SMILES string of the molecule is CCC1(CNCc2csc(C)n2)CCCNC1. The topological polar surface area (TPSA) is 37.0 Å². The summed E-state index contributed by atoms with van der Waals surface area (Å²) < 4.78 is 0. The van der Waals surface area contributed by atoms with Crippen LogP contribution in [0.5, 0.6) is 0 Å². The van der Waals surface area contributed by atoms with E-state index in [2.05, 4.69) is 34.8 Å². The van der Waals surface area contributed by atoms with Gasteiger partial charge in [0, 0.05) is 25.0 Å². The molecule has 0 aliphatic carbocycles. The van der Waals surface area contributed by atoms with Crippen LogP contribution >= 0.6 is 11.3 Å². The summed E-state index contributed by atoms with van der Waals surface area (Å²) in [5.74, 6) is 0. The van der Waals surface area contributed by atoms with E-state index in [0.29, 0.717) is 5.41 Å². The summed E-state index contributed by atoms with van der Waals surface area (Å²) in [5.41, 5.74) is 1.64. The molecule has 1 atom stereocenters. The molecule has 1 aliphatic rings. The van der Waals surface area contributed by atoms with Gasteiger partial charge in [0.15, 0.2) is 0 Å². The van der Waals surface area contributed by atoms with E-state index in [0.717, 1.165) is 24.6 Å². The second kappa shape index (κ2) is 5.94. The number of nitrogens with one attached hydrogen (secondary N) is 2. The number of rotatable bonds is 5. The van der Waals surface area contributed by atoms with Crippen LogP contribution in [0.3, 0.4) is 0 Å². The fourth-order valence-corrected chi connectivity index (χ4v) is 3.17. The highest BCUT2D eigenvalue weighted by Gasteiger charge is 2.29. The highest BCUT2D eigenvalue weighted by molar-refractivity contribution is 7.09. The van der Waals surface area contributed by atoms with E-state index < -0.39 is 0 Å². The monoisotopic (exact) mass is 253 g/mol. The van der Waals surface area contributed by atoms with E-state index in [1.54, 1.807) is 11.3 Å². The molecule has 0 bridgehead atoms. The second-order valence-corrected chi connectivity index (χ2v) is 6.16. The predicted octanol–water partition coefficient (Wildman–Crippen LogP) is 2.32. The molecule has 2 N–H and O–H groups in total. The van der Waals surface area contributed by atoms with Gasteiger partial charge in [0.05, 0.1) is 10.7 Å². The Morgan fingerprint density at radius 1 is 1.59 bits per heavy atom. The van der Waals surface area contributed by atoms with Gasteiger partial charge in [-0.2, -0.15) is 0 Å². The molecule has 0 amide bonds. The average molecular weight is 253 g/mol. The van der Waals surface area contributed by atoms with Crippen molar-refractivity contribution in [3.05, 3.63) is 16.1 Å². The lowest BCUT2D eigenvalue weighted by Gasteiger charge is -2.37. The van der Waals surface area contributed by atoms with Gasteiger partial charge in [-0.3, -0.25) is 0 Å². The smallest absolute Gasteiger partial charge is 0.0897 e. The molecule has 0 aromatic carbocycles. The summed E-state index contributed by atoms with van der Waals surface area (Å²) in [6.45, 7) is 8.73. The van der Waals surface area contributed by atoms with E-state index in [4.69, 9.17) is 0 Å². The lowest BCUT2D eigenvalue weighted by atomic mass is 9.78. The fraction of sp³-hybridized carbons (Fsp3) is 0.769. The van der Waals surface area contributed by atoms with Crippen molar-refractivity contribution < 1.29 is 0 Å². The molecule has 1 aliphatic heterocycles. The van der Waals surface area contributed by atoms with Crippen LogP contribution < -0.4 is 10.6 Å². The molecular formula is C13H23N3S. The first-order chi connectivity index (χ1) is 8.24. The van der Waals surface area contributed by atoms with Crippen molar-refractivity contribution in [1.82, 2.24) is 15.6 Å². The fourth-order valence-electron chi connectivity index (χ4n) is 2.55. The number of hydrogen-bond donors (Lipinski definition) is 2. The third-order valence-electron chi connectivity index (χ3n) is 3.78. The van der Waals surface area contributed by atoms with E-state index in [1.807, 2.05) is 0 Å². The first kappa shape index (κ1) is 13.0. The van der Waals surface area contributed by atoms with Crippen LogP contribution in [-0.2, 0) is 6.54 Å². The van der Waals surface area contributed by atoms with Crippen molar-refractivity contribution in [3.63, 3.8) is 0 Å². The first-order valence-corrected chi connectivity index (χ1v) is 7.44. The van der Waals surface area contributed by atoms with Gasteiger partial charge in [0.1, 0.15) is 0 Å². The number of piperidine rings is 1. The summed E-state index contributed by atoms with van der Waals surface area (Å²) in [6.07, 6.45) is 3.91. The molecule has 2 rings (SSSR count). The molecule has 1 saturated heterocycles. The molecule has 17 heavy (non-hydrogen) atoms. The van der Waals surface area contributed by atoms with Gasteiger partial charge in [-0.1, -0.05) is 6.92 Å². The maximum atomic E-state index is 4.48. The van der Waals surface area contributed by atoms with Crippen LogP contribution in [0, 0.1) is 12.3 Å². The minimum Gasteiger partial charge on any atom is -0.316 e. The normalized spacial score (nSPS) is 25.1. The third-order valence-corrected chi connectivity index (χ3v) is 4.61. The zero-order valence-corrected chi connectivity index (χ0v) is 11.7. The summed E-state index contributed by atoms with van der Waals surface area (Å²) >= 11 is 1.73. The Kier molecular flexibility index (Phi) is 4.54. The molecule has 0 spiro atoms. The van der Waals surface area contributed by atoms with Gasteiger partial charge in [-0.15, -0.1) is 11.3 Å². The number of aromatic nitrogens is 1. The largest absolute Gasteiger partial charge is 0.316 e. The van der Waals surface area contributed by atoms with Gasteiger partial charge in [0.2, 0.25) is 0 Å². The van der Waals surface area contributed by atoms with E-state index in [9.17, 15) is 0 Å². The molecule has 96 valence electrons. The van der Waals surface area contributed by atoms with Crippen LogP contribution in [-0.4, -0.2) is 24.6 Å². The van der Waals surface area contributed by atoms with Gasteiger partial charge < -0.3 is 10.6 Å². The molecule has 0 radical (unpaired) electrons. The summed E-state index contributed by atoms with van der Waals surface area (Å²) in [5, 5.41) is 10.4. The van der Waals surface area contributed by atoms with Gasteiger partial charge in [-0.25, -0.2) is 4.98 Å². The maximum Gasteiger partial charge on any atom is 0.0897 e. The predicted molar refractivity (Wildman–Crippen MR) is 73.4 cm³/mol. The molecule has 2 heterocycles. The van der Waals surface area contributed by atoms with Crippen LogP contribution in [0.4, 0.5) is 0 Å². The summed E-state index contributed by atoms with van der Waals surface area (Å²) in [6, 6.07) is 0. The summed E-state index contributed by atoms with van der Waals surface area (Å²) in [4.78, 5) is 4.48. The van der Waals surface area contributed by atoms with Crippen molar-refractivity contribution >= 4 is 11.3 Å². The van der Waals surface area contributed by atoms with Gasteiger partial charge in [-0.05, 0) is 38.1 Å². The number of aryl methyl sites for hydroxylation is 1. The van der Waals surface area contributed by atoms with E-state index >= 15 is 0 Å². The zero-order valence-electron chi connectivity index (χ0n) is 10.9. The van der Waals surface area contributed by atoms with Crippen LogP contribution in [0.15, 0.2) is 5.38 Å². The van der Waals surface area contributed by atoms with Gasteiger partial charge in [0.25, 0.3) is 0 Å². The van der Waals surface area contributed by atoms with Crippen LogP contribution in [0.2, 0.25) is 0 Å². The van der Waals surface area contributed by atoms with Gasteiger partial charge >= 0.3 is 0 Å². The van der Waals surface area contributed by atoms with Crippen LogP contribution in [0.25, 0.3) is 0 Å². The molecule has 3 nitrogen and oxygen atoms in total. The molecular weight excluding hydrogens is 230 g/mol. The van der Waals surface area contributed by atoms with Crippen molar-refractivity contribution in [2.24, 2.45) is 5.41 Å². The highest BCUT2D eigenvalue weighted by Crippen LogP contribution is 2.29. The van der Waals surface area contributed by atoms with Crippen molar-refractivity contribution in [3.8, 4) is 0 Å². The average Bonchev–Trinajstić information content (AvgIpc) is 2.76. The molecule has 1 fully saturated rings. The van der Waals surface area contributed by atoms with Crippen LogP contribution in [0.1, 0.15) is 36.9 Å². The third kappa shape index (κ3) is 3.50. The Morgan fingerprint density at radius 2 is 2.47 bits per heavy atom. The summed E-state index contributed by atoms with van der Waals surface area (Å²) in [7, 11) is 0. The Balaban J connectivity index is 1.79. The van der Waals surface area contributed by atoms with Crippen molar-refractivity contribution in [2.45, 2.75) is 39.7 Å². The second-order valence-electron chi connectivity index (χ2n) is 5.10. The Hall–Kier alpha value is -0.450. The molecule has 1 unspecified atom stereocenters. The first-order valence-electron chi connectivity index (χ1n) is 6.56. The number of hydrogen-bond acceptors (Lipinski definition) is 4. The molecule has 0 saturated carbocycles. The Labute approximate surface area is 108 Å². The molecule has 1 aromatic rings. The van der Waals surface area contributed by atoms with E-state index in [1.165, 1.54) is 31.5 Å². The van der Waals surface area contributed by atoms with Crippen molar-refractivity contribution in [1.29, 1.82) is 0 Å². The quantitative estimate of drug-likeness (QED) is 0.845. The minimum absolute atomic E-state index is 0.462.